The molecule has 5 heteroatoms. The minimum absolute atomic E-state index is 0.212. The molecule has 2 heterocycles. The van der Waals surface area contributed by atoms with Gasteiger partial charge in [-0.2, -0.15) is 5.10 Å². The van der Waals surface area contributed by atoms with Crippen LogP contribution in [0.15, 0.2) is 0 Å². The molecule has 5 nitrogen and oxygen atoms in total. The molecule has 1 atom stereocenters. The zero-order valence-electron chi connectivity index (χ0n) is 10.7. The molecule has 1 N–H and O–H groups in total. The van der Waals surface area contributed by atoms with Gasteiger partial charge in [0, 0.05) is 13.1 Å². The van der Waals surface area contributed by atoms with Crippen molar-refractivity contribution in [3.8, 4) is 0 Å². The molecule has 0 aromatic carbocycles. The van der Waals surface area contributed by atoms with Crippen LogP contribution in [0.2, 0.25) is 0 Å². The number of hydrogen-bond acceptors (Lipinski definition) is 5. The van der Waals surface area contributed by atoms with Crippen LogP contribution in [0, 0.1) is 19.8 Å². The van der Waals surface area contributed by atoms with Crippen LogP contribution in [0.25, 0.3) is 0 Å². The number of aliphatic hydroxyl groups excluding tert-OH is 1. The fraction of sp³-hybridized carbons (Fsp3) is 0.750. The SMILES string of the molecule is Cc1nnc(N2CCC(C(C)O)CC2)nc1C. The quantitative estimate of drug-likeness (QED) is 0.832. The van der Waals surface area contributed by atoms with Crippen LogP contribution in [0.1, 0.15) is 31.2 Å². The Morgan fingerprint density at radius 1 is 1.18 bits per heavy atom. The highest BCUT2D eigenvalue weighted by Gasteiger charge is 2.24. The maximum atomic E-state index is 9.55. The predicted octanol–water partition coefficient (Wildman–Crippen LogP) is 1.09. The largest absolute Gasteiger partial charge is 0.393 e. The standard InChI is InChI=1S/C12H20N4O/c1-8-9(2)14-15-12(13-8)16-6-4-11(5-7-16)10(3)17/h10-11,17H,4-7H2,1-3H3. The number of piperidine rings is 1. The molecule has 1 aromatic rings. The maximum Gasteiger partial charge on any atom is 0.245 e. The number of aliphatic hydroxyl groups is 1. The summed E-state index contributed by atoms with van der Waals surface area (Å²) in [7, 11) is 0. The average molecular weight is 236 g/mol. The Balaban J connectivity index is 2.03. The number of aryl methyl sites for hydroxylation is 2. The highest BCUT2D eigenvalue weighted by atomic mass is 16.3. The van der Waals surface area contributed by atoms with Crippen molar-refractivity contribution in [3.05, 3.63) is 11.4 Å². The molecule has 17 heavy (non-hydrogen) atoms. The summed E-state index contributed by atoms with van der Waals surface area (Å²) in [6, 6.07) is 0. The van der Waals surface area contributed by atoms with Crippen molar-refractivity contribution in [2.24, 2.45) is 5.92 Å². The minimum Gasteiger partial charge on any atom is -0.393 e. The van der Waals surface area contributed by atoms with Gasteiger partial charge < -0.3 is 10.0 Å². The molecule has 0 spiro atoms. The Morgan fingerprint density at radius 2 is 1.82 bits per heavy atom. The van der Waals surface area contributed by atoms with Crippen molar-refractivity contribution in [2.75, 3.05) is 18.0 Å². The van der Waals surface area contributed by atoms with Gasteiger partial charge in [-0.05, 0) is 39.5 Å². The molecule has 1 aromatic heterocycles. The first kappa shape index (κ1) is 12.2. The van der Waals surface area contributed by atoms with E-state index >= 15 is 0 Å². The fourth-order valence-corrected chi connectivity index (χ4v) is 2.16. The molecule has 1 fully saturated rings. The fourth-order valence-electron chi connectivity index (χ4n) is 2.16. The van der Waals surface area contributed by atoms with Crippen molar-refractivity contribution < 1.29 is 5.11 Å². The zero-order valence-corrected chi connectivity index (χ0v) is 10.7. The van der Waals surface area contributed by atoms with Crippen LogP contribution in [-0.2, 0) is 0 Å². The molecule has 0 saturated carbocycles. The first-order chi connectivity index (χ1) is 8.08. The Labute approximate surface area is 102 Å². The molecule has 1 aliphatic heterocycles. The van der Waals surface area contributed by atoms with Gasteiger partial charge in [-0.3, -0.25) is 0 Å². The molecular formula is C12H20N4O. The van der Waals surface area contributed by atoms with E-state index in [1.807, 2.05) is 20.8 Å². The lowest BCUT2D eigenvalue weighted by Crippen LogP contribution is -2.38. The lowest BCUT2D eigenvalue weighted by atomic mass is 9.92. The smallest absolute Gasteiger partial charge is 0.245 e. The van der Waals surface area contributed by atoms with Crippen molar-refractivity contribution >= 4 is 5.95 Å². The van der Waals surface area contributed by atoms with Gasteiger partial charge in [-0.15, -0.1) is 5.10 Å². The second-order valence-corrected chi connectivity index (χ2v) is 4.85. The van der Waals surface area contributed by atoms with Crippen molar-refractivity contribution in [3.63, 3.8) is 0 Å². The molecule has 0 radical (unpaired) electrons. The third kappa shape index (κ3) is 2.72. The Hall–Kier alpha value is -1.23. The van der Waals surface area contributed by atoms with Crippen LogP contribution in [0.5, 0.6) is 0 Å². The molecule has 0 amide bonds. The summed E-state index contributed by atoms with van der Waals surface area (Å²) in [5.74, 6) is 1.13. The Kier molecular flexibility index (Phi) is 3.57. The van der Waals surface area contributed by atoms with Gasteiger partial charge in [0.1, 0.15) is 0 Å². The van der Waals surface area contributed by atoms with Crippen molar-refractivity contribution in [1.82, 2.24) is 15.2 Å². The Morgan fingerprint density at radius 3 is 2.35 bits per heavy atom. The van der Waals surface area contributed by atoms with Gasteiger partial charge in [0.2, 0.25) is 5.95 Å². The monoisotopic (exact) mass is 236 g/mol. The van der Waals surface area contributed by atoms with Gasteiger partial charge in [-0.25, -0.2) is 4.98 Å². The van der Waals surface area contributed by atoms with Crippen LogP contribution in [0.3, 0.4) is 0 Å². The summed E-state index contributed by atoms with van der Waals surface area (Å²) in [4.78, 5) is 6.61. The number of aromatic nitrogens is 3. The number of nitrogens with zero attached hydrogens (tertiary/aromatic N) is 4. The van der Waals surface area contributed by atoms with E-state index < -0.39 is 0 Å². The summed E-state index contributed by atoms with van der Waals surface area (Å²) >= 11 is 0. The van der Waals surface area contributed by atoms with Gasteiger partial charge in [0.15, 0.2) is 0 Å². The van der Waals surface area contributed by atoms with Crippen molar-refractivity contribution in [1.29, 1.82) is 0 Å². The van der Waals surface area contributed by atoms with Crippen LogP contribution >= 0.6 is 0 Å². The number of hydrogen-bond donors (Lipinski definition) is 1. The van der Waals surface area contributed by atoms with Gasteiger partial charge in [-0.1, -0.05) is 0 Å². The van der Waals surface area contributed by atoms with Crippen LogP contribution < -0.4 is 4.90 Å². The van der Waals surface area contributed by atoms with E-state index in [-0.39, 0.29) is 6.10 Å². The minimum atomic E-state index is -0.212. The highest BCUT2D eigenvalue weighted by Crippen LogP contribution is 2.22. The lowest BCUT2D eigenvalue weighted by molar-refractivity contribution is 0.109. The lowest BCUT2D eigenvalue weighted by Gasteiger charge is -2.33. The van der Waals surface area contributed by atoms with E-state index in [0.717, 1.165) is 43.3 Å². The van der Waals surface area contributed by atoms with E-state index in [1.165, 1.54) is 0 Å². The van der Waals surface area contributed by atoms with E-state index in [9.17, 15) is 5.11 Å². The van der Waals surface area contributed by atoms with Gasteiger partial charge in [0.05, 0.1) is 17.5 Å². The third-order valence-electron chi connectivity index (χ3n) is 3.59. The summed E-state index contributed by atoms with van der Waals surface area (Å²) in [5.41, 5.74) is 1.82. The van der Waals surface area contributed by atoms with E-state index in [4.69, 9.17) is 0 Å². The van der Waals surface area contributed by atoms with E-state index in [2.05, 4.69) is 20.1 Å². The first-order valence-corrected chi connectivity index (χ1v) is 6.19. The van der Waals surface area contributed by atoms with E-state index in [0.29, 0.717) is 5.92 Å². The molecule has 1 saturated heterocycles. The van der Waals surface area contributed by atoms with Gasteiger partial charge >= 0.3 is 0 Å². The summed E-state index contributed by atoms with van der Waals surface area (Å²) in [6.45, 7) is 7.54. The van der Waals surface area contributed by atoms with E-state index in [1.54, 1.807) is 0 Å². The van der Waals surface area contributed by atoms with Crippen LogP contribution in [-0.4, -0.2) is 39.5 Å². The predicted molar refractivity (Wildman–Crippen MR) is 65.9 cm³/mol. The third-order valence-corrected chi connectivity index (χ3v) is 3.59. The normalized spacial score (nSPS) is 19.4. The zero-order chi connectivity index (χ0) is 12.4. The van der Waals surface area contributed by atoms with Gasteiger partial charge in [0.25, 0.3) is 0 Å². The van der Waals surface area contributed by atoms with Crippen molar-refractivity contribution in [2.45, 2.75) is 39.7 Å². The molecule has 1 aliphatic rings. The summed E-state index contributed by atoms with van der Waals surface area (Å²) in [5, 5.41) is 17.8. The highest BCUT2D eigenvalue weighted by molar-refractivity contribution is 5.30. The molecular weight excluding hydrogens is 216 g/mol. The summed E-state index contributed by atoms with van der Waals surface area (Å²) < 4.78 is 0. The van der Waals surface area contributed by atoms with Crippen LogP contribution in [0.4, 0.5) is 5.95 Å². The first-order valence-electron chi connectivity index (χ1n) is 6.19. The Bertz CT molecular complexity index is 386. The summed E-state index contributed by atoms with van der Waals surface area (Å²) in [6.07, 6.45) is 1.78. The maximum absolute atomic E-state index is 9.55. The molecule has 2 rings (SSSR count). The topological polar surface area (TPSA) is 62.1 Å². The second-order valence-electron chi connectivity index (χ2n) is 4.85. The number of anilines is 1. The molecule has 0 bridgehead atoms. The number of rotatable bonds is 2. The molecule has 1 unspecified atom stereocenters. The molecule has 94 valence electrons. The average Bonchev–Trinajstić information content (AvgIpc) is 2.33. The second kappa shape index (κ2) is 4.96. The molecule has 0 aliphatic carbocycles.